The predicted molar refractivity (Wildman–Crippen MR) is 36.7 cm³/mol. The largest absolute Gasteiger partial charge is 0.296 e. The van der Waals surface area contributed by atoms with Crippen LogP contribution in [0.5, 0.6) is 0 Å². The summed E-state index contributed by atoms with van der Waals surface area (Å²) in [5.74, 6) is 0.589. The fourth-order valence-corrected chi connectivity index (χ4v) is 0.238. The number of alkyl halides is 1. The zero-order chi connectivity index (χ0) is 4.83. The van der Waals surface area contributed by atoms with Crippen LogP contribution in [0.2, 0.25) is 0 Å². The molecule has 0 aromatic heterocycles. The van der Waals surface area contributed by atoms with Gasteiger partial charge in [0.2, 0.25) is 0 Å². The van der Waals surface area contributed by atoms with Crippen LogP contribution < -0.4 is 0 Å². The number of hydrogen-bond donors (Lipinski definition) is 0. The number of rotatable bonds is 2. The van der Waals surface area contributed by atoms with Crippen molar-refractivity contribution < 1.29 is 0 Å². The lowest BCUT2D eigenvalue weighted by molar-refractivity contribution is 1.15. The van der Waals surface area contributed by atoms with Crippen molar-refractivity contribution in [2.24, 2.45) is 4.99 Å². The zero-order valence-electron chi connectivity index (χ0n) is 3.93. The Kier molecular flexibility index (Phi) is 14.0. The predicted octanol–water partition coefficient (Wildman–Crippen LogP) is 1.55. The van der Waals surface area contributed by atoms with E-state index >= 15 is 0 Å². The molecule has 7 heavy (non-hydrogen) atoms. The first-order chi connectivity index (χ1) is 2.91. The topological polar surface area (TPSA) is 12.4 Å². The molecule has 0 N–H and O–H groups in total. The molecule has 0 aromatic carbocycles. The van der Waals surface area contributed by atoms with Crippen molar-refractivity contribution in [1.82, 2.24) is 0 Å². The summed E-state index contributed by atoms with van der Waals surface area (Å²) in [5.41, 5.74) is 0. The maximum atomic E-state index is 5.24. The summed E-state index contributed by atoms with van der Waals surface area (Å²) in [7, 11) is 0. The summed E-state index contributed by atoms with van der Waals surface area (Å²) in [6.45, 7) is 4.06. The van der Waals surface area contributed by atoms with Crippen molar-refractivity contribution in [1.29, 1.82) is 0 Å². The average Bonchev–Trinajstić information content (AvgIpc) is 1.61. The molecule has 0 spiro atoms. The van der Waals surface area contributed by atoms with Gasteiger partial charge in [-0.05, 0) is 13.1 Å². The van der Waals surface area contributed by atoms with Gasteiger partial charge >= 0.3 is 0 Å². The molecule has 3 heteroatoms. The fraction of sp³-hybridized carbons (Fsp3) is 0.500. The van der Waals surface area contributed by atoms with Gasteiger partial charge in [0.05, 0.1) is 6.54 Å². The van der Waals surface area contributed by atoms with Crippen molar-refractivity contribution in [3.63, 3.8) is 0 Å². The zero-order valence-corrected chi connectivity index (χ0v) is 5.50. The van der Waals surface area contributed by atoms with Crippen LogP contribution in [0, 0.1) is 6.92 Å². The molecule has 0 aliphatic rings. The minimum Gasteiger partial charge on any atom is -0.296 e. The third-order valence-electron chi connectivity index (χ3n) is 0.343. The summed E-state index contributed by atoms with van der Waals surface area (Å²) in [6.07, 6.45) is 1.50. The quantitative estimate of drug-likeness (QED) is 0.408. The van der Waals surface area contributed by atoms with Crippen LogP contribution in [0.1, 0.15) is 0 Å². The molecule has 0 aromatic rings. The van der Waals surface area contributed by atoms with Gasteiger partial charge in [-0.15, -0.1) is 24.0 Å². The highest BCUT2D eigenvalue weighted by Crippen LogP contribution is 1.72. The van der Waals surface area contributed by atoms with E-state index in [1.165, 1.54) is 6.21 Å². The molecule has 0 bridgehead atoms. The van der Waals surface area contributed by atoms with Crippen LogP contribution in [0.4, 0.5) is 0 Å². The van der Waals surface area contributed by atoms with Crippen molar-refractivity contribution in [3.05, 3.63) is 6.92 Å². The standard InChI is InChI=1S/C4H7ClN.ClH/c1-2-6-4-3-5;/h2H,1,3-4H2;1H. The van der Waals surface area contributed by atoms with Gasteiger partial charge in [-0.25, -0.2) is 0 Å². The van der Waals surface area contributed by atoms with E-state index in [0.29, 0.717) is 12.4 Å². The Balaban J connectivity index is 0. The summed E-state index contributed by atoms with van der Waals surface area (Å²) in [4.78, 5) is 3.72. The van der Waals surface area contributed by atoms with Gasteiger partial charge in [-0.1, -0.05) is 0 Å². The average molecular weight is 141 g/mol. The second kappa shape index (κ2) is 9.54. The number of halogens is 2. The Labute approximate surface area is 55.2 Å². The molecule has 0 aliphatic heterocycles. The Morgan fingerprint density at radius 1 is 1.71 bits per heavy atom. The van der Waals surface area contributed by atoms with E-state index < -0.39 is 0 Å². The molecule has 0 unspecified atom stereocenters. The molecule has 0 atom stereocenters. The lowest BCUT2D eigenvalue weighted by Gasteiger charge is -1.76. The summed E-state index contributed by atoms with van der Waals surface area (Å²) >= 11 is 5.24. The lowest BCUT2D eigenvalue weighted by Crippen LogP contribution is -1.77. The molecule has 1 radical (unpaired) electrons. The van der Waals surface area contributed by atoms with Crippen LogP contribution in [0.25, 0.3) is 0 Å². The maximum Gasteiger partial charge on any atom is 0.0521 e. The second-order valence-electron chi connectivity index (χ2n) is 0.778. The Morgan fingerprint density at radius 2 is 2.29 bits per heavy atom. The first kappa shape index (κ1) is 10.3. The molecule has 0 rings (SSSR count). The van der Waals surface area contributed by atoms with Gasteiger partial charge in [0.25, 0.3) is 0 Å². The highest BCUT2D eigenvalue weighted by molar-refractivity contribution is 6.18. The van der Waals surface area contributed by atoms with Crippen LogP contribution in [0.15, 0.2) is 4.99 Å². The van der Waals surface area contributed by atoms with Gasteiger partial charge in [-0.3, -0.25) is 4.99 Å². The monoisotopic (exact) mass is 140 g/mol. The first-order valence-corrected chi connectivity index (χ1v) is 2.28. The Bertz CT molecular complexity index is 45.0. The van der Waals surface area contributed by atoms with Gasteiger partial charge in [-0.2, -0.15) is 0 Å². The molecular weight excluding hydrogens is 133 g/mol. The molecule has 0 amide bonds. The van der Waals surface area contributed by atoms with Crippen molar-refractivity contribution in [3.8, 4) is 0 Å². The van der Waals surface area contributed by atoms with Gasteiger partial charge < -0.3 is 0 Å². The lowest BCUT2D eigenvalue weighted by atomic mass is 10.7. The van der Waals surface area contributed by atoms with Crippen molar-refractivity contribution in [2.75, 3.05) is 12.4 Å². The van der Waals surface area contributed by atoms with E-state index in [-0.39, 0.29) is 12.4 Å². The Morgan fingerprint density at radius 3 is 2.43 bits per heavy atom. The number of aliphatic imine (C=N–C) groups is 1. The van der Waals surface area contributed by atoms with Crippen molar-refractivity contribution >= 4 is 30.2 Å². The minimum atomic E-state index is 0. The fourth-order valence-electron chi connectivity index (χ4n) is 0.140. The molecule has 0 saturated carbocycles. The van der Waals surface area contributed by atoms with E-state index in [1.54, 1.807) is 0 Å². The molecular formula is C4H8Cl2N. The van der Waals surface area contributed by atoms with Crippen LogP contribution in [0.3, 0.4) is 0 Å². The van der Waals surface area contributed by atoms with Crippen molar-refractivity contribution in [2.45, 2.75) is 0 Å². The second-order valence-corrected chi connectivity index (χ2v) is 1.16. The normalized spacial score (nSPS) is 8.86. The molecule has 0 saturated heterocycles. The van der Waals surface area contributed by atoms with E-state index in [1.807, 2.05) is 0 Å². The minimum absolute atomic E-state index is 0. The molecule has 43 valence electrons. The Hall–Kier alpha value is 0.250. The van der Waals surface area contributed by atoms with E-state index in [4.69, 9.17) is 11.6 Å². The maximum absolute atomic E-state index is 5.24. The first-order valence-electron chi connectivity index (χ1n) is 1.75. The number of nitrogens with zero attached hydrogens (tertiary/aromatic N) is 1. The smallest absolute Gasteiger partial charge is 0.0521 e. The highest BCUT2D eigenvalue weighted by atomic mass is 35.5. The highest BCUT2D eigenvalue weighted by Gasteiger charge is 1.67. The van der Waals surface area contributed by atoms with Crippen LogP contribution >= 0.6 is 24.0 Å². The van der Waals surface area contributed by atoms with E-state index in [9.17, 15) is 0 Å². The van der Waals surface area contributed by atoms with E-state index in [0.717, 1.165) is 0 Å². The van der Waals surface area contributed by atoms with Gasteiger partial charge in [0.1, 0.15) is 0 Å². The molecule has 0 heterocycles. The van der Waals surface area contributed by atoms with E-state index in [2.05, 4.69) is 11.9 Å². The van der Waals surface area contributed by atoms with Crippen LogP contribution in [-0.4, -0.2) is 18.6 Å². The third kappa shape index (κ3) is 10.7. The third-order valence-corrected chi connectivity index (χ3v) is 0.512. The number of hydrogen-bond acceptors (Lipinski definition) is 1. The van der Waals surface area contributed by atoms with Crippen LogP contribution in [-0.2, 0) is 0 Å². The van der Waals surface area contributed by atoms with Gasteiger partial charge in [0, 0.05) is 5.88 Å². The molecule has 0 aliphatic carbocycles. The molecule has 0 fully saturated rings. The summed E-state index contributed by atoms with van der Waals surface area (Å²) < 4.78 is 0. The summed E-state index contributed by atoms with van der Waals surface area (Å²) in [6, 6.07) is 0. The van der Waals surface area contributed by atoms with Gasteiger partial charge in [0.15, 0.2) is 0 Å². The molecule has 1 nitrogen and oxygen atoms in total. The summed E-state index contributed by atoms with van der Waals surface area (Å²) in [5, 5.41) is 0. The SMILES string of the molecule is Cl.[CH2]C=NCCCl.